The van der Waals surface area contributed by atoms with Crippen LogP contribution in [0.25, 0.3) is 0 Å². The minimum atomic E-state index is -0.361. The van der Waals surface area contributed by atoms with E-state index in [2.05, 4.69) is 10.3 Å². The van der Waals surface area contributed by atoms with Crippen LogP contribution in [0.15, 0.2) is 17.1 Å². The molecule has 0 fully saturated rings. The molecule has 9 heteroatoms. The molecule has 1 aromatic carbocycles. The molecule has 0 bridgehead atoms. The molecule has 0 aromatic heterocycles. The highest BCUT2D eigenvalue weighted by Gasteiger charge is 2.12. The maximum atomic E-state index is 11.8. The number of benzene rings is 1. The second kappa shape index (κ2) is 7.37. The summed E-state index contributed by atoms with van der Waals surface area (Å²) in [6.45, 7) is 1.80. The number of carbonyl (C=O) groups excluding carboxylic acids is 1. The van der Waals surface area contributed by atoms with E-state index in [1.54, 1.807) is 19.1 Å². The van der Waals surface area contributed by atoms with Gasteiger partial charge in [-0.3, -0.25) is 10.2 Å². The van der Waals surface area contributed by atoms with Gasteiger partial charge in [-0.05, 0) is 18.6 Å². The highest BCUT2D eigenvalue weighted by atomic mass is 35.5. The van der Waals surface area contributed by atoms with Gasteiger partial charge in [-0.1, -0.05) is 41.0 Å². The van der Waals surface area contributed by atoms with E-state index in [-0.39, 0.29) is 22.8 Å². The number of nitrogens with one attached hydrogen (secondary N) is 2. The second-order valence-electron chi connectivity index (χ2n) is 3.73. The van der Waals surface area contributed by atoms with Crippen molar-refractivity contribution in [2.45, 2.75) is 6.92 Å². The van der Waals surface area contributed by atoms with Crippen molar-refractivity contribution in [2.24, 2.45) is 16.5 Å². The largest absolute Gasteiger partial charge is 0.370 e. The lowest BCUT2D eigenvalue weighted by molar-refractivity contribution is -0.113. The molecule has 0 heterocycles. The van der Waals surface area contributed by atoms with Crippen LogP contribution in [0.3, 0.4) is 0 Å². The summed E-state index contributed by atoms with van der Waals surface area (Å²) in [5.41, 5.74) is 11.4. The van der Waals surface area contributed by atoms with Gasteiger partial charge >= 0.3 is 0 Å². The molecule has 1 amide bonds. The van der Waals surface area contributed by atoms with Crippen LogP contribution in [0.2, 0.25) is 10.0 Å². The van der Waals surface area contributed by atoms with Gasteiger partial charge in [0.05, 0.1) is 21.5 Å². The number of nitrogens with two attached hydrogens (primary N) is 2. The van der Waals surface area contributed by atoms with Crippen LogP contribution in [-0.4, -0.2) is 22.8 Å². The summed E-state index contributed by atoms with van der Waals surface area (Å²) >= 11 is 12.9. The van der Waals surface area contributed by atoms with E-state index in [1.807, 2.05) is 0 Å². The maximum absolute atomic E-state index is 11.8. The SMILES string of the molecule is Cc1ccc(Cl)c(NC(=O)CSC(=N)N=C(N)N)c1Cl. The van der Waals surface area contributed by atoms with Gasteiger partial charge in [0.15, 0.2) is 11.1 Å². The molecule has 0 radical (unpaired) electrons. The Hall–Kier alpha value is -1.44. The van der Waals surface area contributed by atoms with Crippen molar-refractivity contribution in [1.29, 1.82) is 5.41 Å². The number of aliphatic imine (C=N–C) groups is 1. The number of carbonyl (C=O) groups is 1. The summed E-state index contributed by atoms with van der Waals surface area (Å²) in [5, 5.41) is 10.6. The second-order valence-corrected chi connectivity index (χ2v) is 5.48. The molecule has 0 aliphatic heterocycles. The van der Waals surface area contributed by atoms with Crippen molar-refractivity contribution >= 4 is 57.7 Å². The molecule has 0 spiro atoms. The Labute approximate surface area is 130 Å². The first-order valence-corrected chi connectivity index (χ1v) is 7.11. The average Bonchev–Trinajstić information content (AvgIpc) is 2.36. The molecule has 20 heavy (non-hydrogen) atoms. The summed E-state index contributed by atoms with van der Waals surface area (Å²) in [6, 6.07) is 3.40. The lowest BCUT2D eigenvalue weighted by atomic mass is 10.2. The molecule has 6 nitrogen and oxygen atoms in total. The zero-order valence-corrected chi connectivity index (χ0v) is 12.9. The fourth-order valence-corrected chi connectivity index (χ4v) is 2.21. The first kappa shape index (κ1) is 16.6. The predicted octanol–water partition coefficient (Wildman–Crippen LogP) is 2.18. The van der Waals surface area contributed by atoms with Crippen molar-refractivity contribution in [2.75, 3.05) is 11.1 Å². The Morgan fingerprint density at radius 2 is 2.10 bits per heavy atom. The van der Waals surface area contributed by atoms with E-state index in [9.17, 15) is 4.79 Å². The standard InChI is InChI=1S/C11H13Cl2N5OS/c1-5-2-3-6(12)9(8(5)13)17-7(19)4-20-11(16)18-10(14)15/h2-3H,4H2,1H3,(H,17,19)(H5,14,15,16,18). The normalized spacial score (nSPS) is 9.95. The molecule has 1 aromatic rings. The Morgan fingerprint density at radius 1 is 1.45 bits per heavy atom. The third kappa shape index (κ3) is 4.92. The number of guanidine groups is 1. The van der Waals surface area contributed by atoms with Crippen LogP contribution in [0.5, 0.6) is 0 Å². The van der Waals surface area contributed by atoms with E-state index >= 15 is 0 Å². The monoisotopic (exact) mass is 333 g/mol. The Morgan fingerprint density at radius 3 is 2.70 bits per heavy atom. The lowest BCUT2D eigenvalue weighted by Gasteiger charge is -2.10. The zero-order chi connectivity index (χ0) is 15.3. The molecule has 0 unspecified atom stereocenters. The number of anilines is 1. The van der Waals surface area contributed by atoms with Crippen molar-refractivity contribution in [3.8, 4) is 0 Å². The number of hydrogen-bond acceptors (Lipinski definition) is 3. The molecule has 0 saturated heterocycles. The number of amides is 1. The fourth-order valence-electron chi connectivity index (χ4n) is 1.23. The smallest absolute Gasteiger partial charge is 0.234 e. The van der Waals surface area contributed by atoms with Crippen LogP contribution >= 0.6 is 35.0 Å². The fraction of sp³-hybridized carbons (Fsp3) is 0.182. The minimum absolute atomic E-state index is 0.0315. The summed E-state index contributed by atoms with van der Waals surface area (Å²) in [5.74, 6) is -0.622. The van der Waals surface area contributed by atoms with Crippen LogP contribution in [0.1, 0.15) is 5.56 Å². The van der Waals surface area contributed by atoms with Crippen LogP contribution in [0, 0.1) is 12.3 Å². The van der Waals surface area contributed by atoms with E-state index in [4.69, 9.17) is 40.1 Å². The topological polar surface area (TPSA) is 117 Å². The molecule has 0 saturated carbocycles. The van der Waals surface area contributed by atoms with Crippen molar-refractivity contribution in [3.63, 3.8) is 0 Å². The number of aryl methyl sites for hydroxylation is 1. The third-order valence-corrected chi connectivity index (χ3v) is 3.69. The molecule has 0 aliphatic carbocycles. The lowest BCUT2D eigenvalue weighted by Crippen LogP contribution is -2.24. The van der Waals surface area contributed by atoms with Gasteiger partial charge in [-0.25, -0.2) is 0 Å². The average molecular weight is 334 g/mol. The molecular formula is C11H13Cl2N5OS. The summed E-state index contributed by atoms with van der Waals surface area (Å²) in [4.78, 5) is 15.3. The maximum Gasteiger partial charge on any atom is 0.234 e. The molecule has 0 atom stereocenters. The van der Waals surface area contributed by atoms with E-state index in [1.165, 1.54) is 0 Å². The Balaban J connectivity index is 2.66. The molecular weight excluding hydrogens is 321 g/mol. The molecule has 108 valence electrons. The minimum Gasteiger partial charge on any atom is -0.370 e. The number of amidine groups is 1. The molecule has 0 aliphatic rings. The van der Waals surface area contributed by atoms with Gasteiger partial charge in [-0.2, -0.15) is 4.99 Å². The van der Waals surface area contributed by atoms with Gasteiger partial charge < -0.3 is 16.8 Å². The quantitative estimate of drug-likeness (QED) is 0.500. The summed E-state index contributed by atoms with van der Waals surface area (Å²) in [6.07, 6.45) is 0. The van der Waals surface area contributed by atoms with Gasteiger partial charge in [0.1, 0.15) is 0 Å². The van der Waals surface area contributed by atoms with E-state index in [0.29, 0.717) is 15.7 Å². The number of halogens is 2. The van der Waals surface area contributed by atoms with E-state index < -0.39 is 0 Å². The van der Waals surface area contributed by atoms with Crippen molar-refractivity contribution in [1.82, 2.24) is 0 Å². The van der Waals surface area contributed by atoms with Gasteiger partial charge in [0.25, 0.3) is 0 Å². The van der Waals surface area contributed by atoms with Gasteiger partial charge in [0, 0.05) is 0 Å². The summed E-state index contributed by atoms with van der Waals surface area (Å²) in [7, 11) is 0. The van der Waals surface area contributed by atoms with E-state index in [0.717, 1.165) is 17.3 Å². The number of nitrogens with zero attached hydrogens (tertiary/aromatic N) is 1. The number of thioether (sulfide) groups is 1. The Bertz CT molecular complexity index is 572. The Kier molecular flexibility index (Phi) is 6.12. The highest BCUT2D eigenvalue weighted by Crippen LogP contribution is 2.32. The molecule has 1 rings (SSSR count). The third-order valence-electron chi connectivity index (χ3n) is 2.12. The molecule has 6 N–H and O–H groups in total. The predicted molar refractivity (Wildman–Crippen MR) is 85.8 cm³/mol. The first-order valence-electron chi connectivity index (χ1n) is 5.36. The van der Waals surface area contributed by atoms with Crippen molar-refractivity contribution < 1.29 is 4.79 Å². The van der Waals surface area contributed by atoms with Gasteiger partial charge in [0.2, 0.25) is 5.91 Å². The van der Waals surface area contributed by atoms with Crippen LogP contribution in [-0.2, 0) is 4.79 Å². The number of rotatable bonds is 3. The van der Waals surface area contributed by atoms with Crippen LogP contribution in [0.4, 0.5) is 5.69 Å². The van der Waals surface area contributed by atoms with Crippen LogP contribution < -0.4 is 16.8 Å². The zero-order valence-electron chi connectivity index (χ0n) is 10.5. The summed E-state index contributed by atoms with van der Waals surface area (Å²) < 4.78 is 0. The first-order chi connectivity index (χ1) is 9.31. The van der Waals surface area contributed by atoms with Crippen molar-refractivity contribution in [3.05, 3.63) is 27.7 Å². The highest BCUT2D eigenvalue weighted by molar-refractivity contribution is 8.14. The number of hydrogen-bond donors (Lipinski definition) is 4. The van der Waals surface area contributed by atoms with Gasteiger partial charge in [-0.15, -0.1) is 0 Å².